The first-order chi connectivity index (χ1) is 11.2. The lowest BCUT2D eigenvalue weighted by atomic mass is 9.99. The zero-order valence-electron chi connectivity index (χ0n) is 13.4. The average molecular weight is 312 g/mol. The van der Waals surface area contributed by atoms with Crippen LogP contribution in [0.2, 0.25) is 0 Å². The van der Waals surface area contributed by atoms with Crippen molar-refractivity contribution in [1.82, 2.24) is 15.5 Å². The number of rotatable bonds is 4. The molecule has 23 heavy (non-hydrogen) atoms. The molecule has 3 rings (SSSR count). The third-order valence-corrected chi connectivity index (χ3v) is 3.94. The number of carbonyl (C=O) groups excluding carboxylic acids is 1. The summed E-state index contributed by atoms with van der Waals surface area (Å²) in [6.45, 7) is 4.30. The molecule has 6 nitrogen and oxygen atoms in total. The molecule has 0 fully saturated rings. The van der Waals surface area contributed by atoms with Crippen LogP contribution in [0, 0.1) is 0 Å². The van der Waals surface area contributed by atoms with Gasteiger partial charge < -0.3 is 15.0 Å². The van der Waals surface area contributed by atoms with Crippen LogP contribution in [-0.2, 0) is 13.0 Å². The summed E-state index contributed by atoms with van der Waals surface area (Å²) < 4.78 is 5.58. The Morgan fingerprint density at radius 3 is 2.83 bits per heavy atom. The van der Waals surface area contributed by atoms with Gasteiger partial charge in [0.2, 0.25) is 0 Å². The van der Waals surface area contributed by atoms with Crippen LogP contribution in [0.3, 0.4) is 0 Å². The molecule has 1 aromatic carbocycles. The van der Waals surface area contributed by atoms with Crippen LogP contribution in [-0.4, -0.2) is 36.3 Å². The molecule has 0 unspecified atom stereocenters. The summed E-state index contributed by atoms with van der Waals surface area (Å²) in [5, 5.41) is 10.7. The number of nitrogens with zero attached hydrogens (tertiary/aromatic N) is 3. The van der Waals surface area contributed by atoms with Gasteiger partial charge in [-0.15, -0.1) is 10.2 Å². The van der Waals surface area contributed by atoms with Crippen LogP contribution < -0.4 is 15.0 Å². The molecule has 0 saturated carbocycles. The number of benzene rings is 1. The van der Waals surface area contributed by atoms with Gasteiger partial charge in [0.1, 0.15) is 5.75 Å². The van der Waals surface area contributed by atoms with Gasteiger partial charge in [0.15, 0.2) is 11.5 Å². The second-order valence-corrected chi connectivity index (χ2v) is 5.39. The molecule has 0 radical (unpaired) electrons. The predicted octanol–water partition coefficient (Wildman–Crippen LogP) is 1.80. The molecular formula is C17H20N4O2. The molecule has 1 aromatic heterocycles. The van der Waals surface area contributed by atoms with Crippen molar-refractivity contribution >= 4 is 11.7 Å². The third-order valence-electron chi connectivity index (χ3n) is 3.94. The summed E-state index contributed by atoms with van der Waals surface area (Å²) in [5.74, 6) is 1.45. The van der Waals surface area contributed by atoms with Crippen molar-refractivity contribution in [3.63, 3.8) is 0 Å². The average Bonchev–Trinajstić information content (AvgIpc) is 2.61. The Kier molecular flexibility index (Phi) is 4.41. The summed E-state index contributed by atoms with van der Waals surface area (Å²) in [7, 11) is 1.58. The first kappa shape index (κ1) is 15.3. The zero-order valence-corrected chi connectivity index (χ0v) is 13.4. The van der Waals surface area contributed by atoms with Crippen molar-refractivity contribution in [1.29, 1.82) is 0 Å². The lowest BCUT2D eigenvalue weighted by molar-refractivity contribution is 0.0957. The van der Waals surface area contributed by atoms with E-state index in [-0.39, 0.29) is 5.91 Å². The highest BCUT2D eigenvalue weighted by Gasteiger charge is 2.19. The van der Waals surface area contributed by atoms with Gasteiger partial charge in [-0.3, -0.25) is 4.79 Å². The Morgan fingerprint density at radius 1 is 1.26 bits per heavy atom. The van der Waals surface area contributed by atoms with E-state index in [9.17, 15) is 4.79 Å². The van der Waals surface area contributed by atoms with E-state index in [0.717, 1.165) is 31.1 Å². The van der Waals surface area contributed by atoms with Crippen molar-refractivity contribution in [2.24, 2.45) is 0 Å². The molecule has 0 saturated heterocycles. The normalized spacial score (nSPS) is 13.4. The zero-order chi connectivity index (χ0) is 16.2. The summed E-state index contributed by atoms with van der Waals surface area (Å²) in [4.78, 5) is 13.7. The third kappa shape index (κ3) is 3.26. The van der Waals surface area contributed by atoms with Gasteiger partial charge in [0.05, 0.1) is 6.61 Å². The van der Waals surface area contributed by atoms with Crippen molar-refractivity contribution < 1.29 is 9.53 Å². The first-order valence-corrected chi connectivity index (χ1v) is 7.76. The Balaban J connectivity index is 1.78. The molecular weight excluding hydrogens is 292 g/mol. The van der Waals surface area contributed by atoms with Crippen molar-refractivity contribution in [2.45, 2.75) is 19.9 Å². The minimum atomic E-state index is -0.227. The molecule has 6 heteroatoms. The molecule has 1 aliphatic rings. The van der Waals surface area contributed by atoms with Crippen LogP contribution in [0.4, 0.5) is 5.82 Å². The number of nitrogens with one attached hydrogen (secondary N) is 1. The highest BCUT2D eigenvalue weighted by molar-refractivity contribution is 5.91. The number of amides is 1. The lowest BCUT2D eigenvalue weighted by Gasteiger charge is -2.29. The van der Waals surface area contributed by atoms with Crippen LogP contribution in [0.1, 0.15) is 28.5 Å². The van der Waals surface area contributed by atoms with E-state index >= 15 is 0 Å². The quantitative estimate of drug-likeness (QED) is 0.932. The smallest absolute Gasteiger partial charge is 0.271 e. The Labute approximate surface area is 135 Å². The number of aromatic nitrogens is 2. The molecule has 0 atom stereocenters. The first-order valence-electron chi connectivity index (χ1n) is 7.76. The van der Waals surface area contributed by atoms with Crippen LogP contribution in [0.5, 0.6) is 5.75 Å². The van der Waals surface area contributed by atoms with E-state index in [0.29, 0.717) is 12.3 Å². The van der Waals surface area contributed by atoms with E-state index in [2.05, 4.69) is 32.5 Å². The van der Waals surface area contributed by atoms with Crippen LogP contribution >= 0.6 is 0 Å². The van der Waals surface area contributed by atoms with Gasteiger partial charge in [-0.1, -0.05) is 6.07 Å². The largest absolute Gasteiger partial charge is 0.494 e. The SMILES string of the molecule is CCOc1ccc2c(c1)CN(c1ccc(C(=O)NC)nn1)CC2. The van der Waals surface area contributed by atoms with Crippen molar-refractivity contribution in [3.05, 3.63) is 47.2 Å². The maximum atomic E-state index is 11.5. The van der Waals surface area contributed by atoms with E-state index in [1.54, 1.807) is 13.1 Å². The molecule has 1 aliphatic heterocycles. The van der Waals surface area contributed by atoms with E-state index in [4.69, 9.17) is 4.74 Å². The Hall–Kier alpha value is -2.63. The van der Waals surface area contributed by atoms with Crippen molar-refractivity contribution in [3.8, 4) is 5.75 Å². The molecule has 2 aromatic rings. The van der Waals surface area contributed by atoms with Crippen molar-refractivity contribution in [2.75, 3.05) is 25.1 Å². The molecule has 1 amide bonds. The molecule has 1 N–H and O–H groups in total. The molecule has 2 heterocycles. The fourth-order valence-corrected chi connectivity index (χ4v) is 2.73. The monoisotopic (exact) mass is 312 g/mol. The fourth-order valence-electron chi connectivity index (χ4n) is 2.73. The predicted molar refractivity (Wildman–Crippen MR) is 87.8 cm³/mol. The standard InChI is InChI=1S/C17H20N4O2/c1-3-23-14-5-4-12-8-9-21(11-13(12)10-14)16-7-6-15(19-20-16)17(22)18-2/h4-7,10H,3,8-9,11H2,1-2H3,(H,18,22). The minimum absolute atomic E-state index is 0.227. The maximum absolute atomic E-state index is 11.5. The van der Waals surface area contributed by atoms with Crippen LogP contribution in [0.15, 0.2) is 30.3 Å². The number of ether oxygens (including phenoxy) is 1. The second kappa shape index (κ2) is 6.64. The van der Waals surface area contributed by atoms with Gasteiger partial charge in [0.25, 0.3) is 5.91 Å². The molecule has 120 valence electrons. The summed E-state index contributed by atoms with van der Waals surface area (Å²) in [6, 6.07) is 9.80. The molecule has 0 aliphatic carbocycles. The maximum Gasteiger partial charge on any atom is 0.271 e. The summed E-state index contributed by atoms with van der Waals surface area (Å²) >= 11 is 0. The number of anilines is 1. The number of hydrogen-bond donors (Lipinski definition) is 1. The lowest BCUT2D eigenvalue weighted by Crippen LogP contribution is -2.31. The van der Waals surface area contributed by atoms with Gasteiger partial charge in [-0.2, -0.15) is 0 Å². The van der Waals surface area contributed by atoms with E-state index < -0.39 is 0 Å². The highest BCUT2D eigenvalue weighted by Crippen LogP contribution is 2.26. The molecule has 0 bridgehead atoms. The summed E-state index contributed by atoms with van der Waals surface area (Å²) in [6.07, 6.45) is 0.959. The van der Waals surface area contributed by atoms with E-state index in [1.165, 1.54) is 11.1 Å². The van der Waals surface area contributed by atoms with Gasteiger partial charge in [-0.05, 0) is 48.7 Å². The van der Waals surface area contributed by atoms with Gasteiger partial charge in [-0.25, -0.2) is 0 Å². The fraction of sp³-hybridized carbons (Fsp3) is 0.353. The van der Waals surface area contributed by atoms with Gasteiger partial charge in [0, 0.05) is 20.1 Å². The van der Waals surface area contributed by atoms with E-state index in [1.807, 2.05) is 19.1 Å². The Morgan fingerprint density at radius 2 is 2.13 bits per heavy atom. The number of hydrogen-bond acceptors (Lipinski definition) is 5. The minimum Gasteiger partial charge on any atom is -0.494 e. The highest BCUT2D eigenvalue weighted by atomic mass is 16.5. The second-order valence-electron chi connectivity index (χ2n) is 5.39. The van der Waals surface area contributed by atoms with Gasteiger partial charge >= 0.3 is 0 Å². The topological polar surface area (TPSA) is 67.3 Å². The number of fused-ring (bicyclic) bond motifs is 1. The summed E-state index contributed by atoms with van der Waals surface area (Å²) in [5.41, 5.74) is 2.92. The Bertz CT molecular complexity index is 700. The van der Waals surface area contributed by atoms with Crippen LogP contribution in [0.25, 0.3) is 0 Å². The molecule has 0 spiro atoms. The number of carbonyl (C=O) groups is 1.